The molecule has 29 heavy (non-hydrogen) atoms. The van der Waals surface area contributed by atoms with Crippen LogP contribution in [0.15, 0.2) is 35.4 Å². The molecule has 8 nitrogen and oxygen atoms in total. The molecule has 1 aromatic heterocycles. The first kappa shape index (κ1) is 20.8. The van der Waals surface area contributed by atoms with Gasteiger partial charge in [-0.2, -0.15) is 27.8 Å². The molecular formula is C17H16F3N5O3S. The molecule has 1 aliphatic heterocycles. The molecular weight excluding hydrogens is 411 g/mol. The van der Waals surface area contributed by atoms with E-state index in [1.54, 1.807) is 6.07 Å². The van der Waals surface area contributed by atoms with Crippen molar-refractivity contribution in [1.82, 2.24) is 19.0 Å². The SMILES string of the molecule is Cn1ncc(C(=O)N2CCN(S(=O)(=O)c3ccccc3C#N)CC2)c1C(F)(F)F. The fourth-order valence-corrected chi connectivity index (χ4v) is 4.72. The molecule has 154 valence electrons. The van der Waals surface area contributed by atoms with Crippen molar-refractivity contribution in [2.45, 2.75) is 11.1 Å². The Morgan fingerprint density at radius 2 is 1.79 bits per heavy atom. The molecule has 12 heteroatoms. The topological polar surface area (TPSA) is 99.3 Å². The lowest BCUT2D eigenvalue weighted by molar-refractivity contribution is -0.144. The number of aromatic nitrogens is 2. The van der Waals surface area contributed by atoms with Crippen molar-refractivity contribution >= 4 is 15.9 Å². The first-order valence-corrected chi connectivity index (χ1v) is 9.89. The smallest absolute Gasteiger partial charge is 0.336 e. The average molecular weight is 427 g/mol. The Labute approximate surface area is 164 Å². The van der Waals surface area contributed by atoms with Gasteiger partial charge in [0.1, 0.15) is 6.07 Å². The van der Waals surface area contributed by atoms with Gasteiger partial charge in [0.05, 0.1) is 22.2 Å². The molecule has 3 rings (SSSR count). The Balaban J connectivity index is 1.78. The second-order valence-corrected chi connectivity index (χ2v) is 8.24. The first-order valence-electron chi connectivity index (χ1n) is 8.45. The molecule has 1 saturated heterocycles. The van der Waals surface area contributed by atoms with Crippen molar-refractivity contribution in [2.24, 2.45) is 7.05 Å². The molecule has 1 amide bonds. The molecule has 0 spiro atoms. The van der Waals surface area contributed by atoms with Crippen LogP contribution in [0.5, 0.6) is 0 Å². The fourth-order valence-electron chi connectivity index (χ4n) is 3.16. The second-order valence-electron chi connectivity index (χ2n) is 6.33. The molecule has 0 saturated carbocycles. The van der Waals surface area contributed by atoms with Crippen molar-refractivity contribution in [2.75, 3.05) is 26.2 Å². The summed E-state index contributed by atoms with van der Waals surface area (Å²) in [5, 5.41) is 12.7. The number of benzene rings is 1. The van der Waals surface area contributed by atoms with Crippen LogP contribution >= 0.6 is 0 Å². The summed E-state index contributed by atoms with van der Waals surface area (Å²) in [6.45, 7) is -0.372. The summed E-state index contributed by atoms with van der Waals surface area (Å²) < 4.78 is 66.9. The lowest BCUT2D eigenvalue weighted by Crippen LogP contribution is -2.50. The molecule has 1 fully saturated rings. The number of sulfonamides is 1. The van der Waals surface area contributed by atoms with E-state index in [2.05, 4.69) is 5.10 Å². The first-order chi connectivity index (χ1) is 13.6. The minimum absolute atomic E-state index is 0.00353. The van der Waals surface area contributed by atoms with Crippen molar-refractivity contribution < 1.29 is 26.4 Å². The van der Waals surface area contributed by atoms with E-state index in [0.717, 1.165) is 22.4 Å². The summed E-state index contributed by atoms with van der Waals surface area (Å²) in [5.41, 5.74) is -1.73. The van der Waals surface area contributed by atoms with E-state index < -0.39 is 33.4 Å². The highest BCUT2D eigenvalue weighted by Crippen LogP contribution is 2.32. The Morgan fingerprint density at radius 1 is 1.17 bits per heavy atom. The Bertz CT molecular complexity index is 1080. The van der Waals surface area contributed by atoms with Crippen LogP contribution in [0.1, 0.15) is 21.6 Å². The number of nitrogens with zero attached hydrogens (tertiary/aromatic N) is 5. The van der Waals surface area contributed by atoms with Crippen LogP contribution in [0.4, 0.5) is 13.2 Å². The summed E-state index contributed by atoms with van der Waals surface area (Å²) >= 11 is 0. The van der Waals surface area contributed by atoms with Crippen LogP contribution in [-0.2, 0) is 23.2 Å². The van der Waals surface area contributed by atoms with Crippen LogP contribution in [-0.4, -0.2) is 59.5 Å². The maximum absolute atomic E-state index is 13.2. The Morgan fingerprint density at radius 3 is 2.38 bits per heavy atom. The number of halogens is 3. The number of rotatable bonds is 3. The van der Waals surface area contributed by atoms with Crippen LogP contribution in [0, 0.1) is 11.3 Å². The minimum Gasteiger partial charge on any atom is -0.336 e. The number of aryl methyl sites for hydroxylation is 1. The van der Waals surface area contributed by atoms with Gasteiger partial charge in [-0.1, -0.05) is 12.1 Å². The second kappa shape index (κ2) is 7.49. The molecule has 0 N–H and O–H groups in total. The van der Waals surface area contributed by atoms with Gasteiger partial charge in [-0.05, 0) is 12.1 Å². The number of hydrogen-bond acceptors (Lipinski definition) is 5. The lowest BCUT2D eigenvalue weighted by Gasteiger charge is -2.34. The summed E-state index contributed by atoms with van der Waals surface area (Å²) in [6, 6.07) is 7.56. The summed E-state index contributed by atoms with van der Waals surface area (Å²) in [6.07, 6.45) is -3.89. The number of alkyl halides is 3. The van der Waals surface area contributed by atoms with E-state index in [-0.39, 0.29) is 36.6 Å². The van der Waals surface area contributed by atoms with Crippen LogP contribution < -0.4 is 0 Å². The number of piperazine rings is 1. The molecule has 0 radical (unpaired) electrons. The molecule has 0 atom stereocenters. The number of hydrogen-bond donors (Lipinski definition) is 0. The van der Waals surface area contributed by atoms with Gasteiger partial charge in [0.25, 0.3) is 5.91 Å². The molecule has 0 unspecified atom stereocenters. The van der Waals surface area contributed by atoms with E-state index >= 15 is 0 Å². The third-order valence-electron chi connectivity index (χ3n) is 4.59. The maximum atomic E-state index is 13.2. The number of carbonyl (C=O) groups excluding carboxylic acids is 1. The highest BCUT2D eigenvalue weighted by Gasteiger charge is 2.41. The van der Waals surface area contributed by atoms with Crippen molar-refractivity contribution in [1.29, 1.82) is 5.26 Å². The van der Waals surface area contributed by atoms with E-state index in [9.17, 15) is 26.4 Å². The third kappa shape index (κ3) is 3.83. The van der Waals surface area contributed by atoms with Gasteiger partial charge in [-0.25, -0.2) is 8.42 Å². The maximum Gasteiger partial charge on any atom is 0.433 e. The highest BCUT2D eigenvalue weighted by molar-refractivity contribution is 7.89. The van der Waals surface area contributed by atoms with E-state index in [1.807, 2.05) is 6.07 Å². The molecule has 2 aromatic rings. The molecule has 0 bridgehead atoms. The zero-order valence-corrected chi connectivity index (χ0v) is 16.0. The summed E-state index contributed by atoms with van der Waals surface area (Å²) in [5.74, 6) is -0.861. The zero-order valence-electron chi connectivity index (χ0n) is 15.2. The van der Waals surface area contributed by atoms with Crippen molar-refractivity contribution in [3.8, 4) is 6.07 Å². The van der Waals surface area contributed by atoms with Gasteiger partial charge in [-0.3, -0.25) is 9.48 Å². The molecule has 0 aliphatic carbocycles. The number of carbonyl (C=O) groups is 1. The monoisotopic (exact) mass is 427 g/mol. The fraction of sp³-hybridized carbons (Fsp3) is 0.353. The highest BCUT2D eigenvalue weighted by atomic mass is 32.2. The van der Waals surface area contributed by atoms with Crippen LogP contribution in [0.3, 0.4) is 0 Å². The molecule has 1 aromatic carbocycles. The lowest BCUT2D eigenvalue weighted by atomic mass is 10.2. The largest absolute Gasteiger partial charge is 0.433 e. The van der Waals surface area contributed by atoms with Gasteiger partial charge in [-0.15, -0.1) is 0 Å². The zero-order chi connectivity index (χ0) is 21.4. The molecule has 1 aliphatic rings. The summed E-state index contributed by atoms with van der Waals surface area (Å²) in [4.78, 5) is 13.6. The van der Waals surface area contributed by atoms with Gasteiger partial charge in [0.15, 0.2) is 5.69 Å². The average Bonchev–Trinajstić information content (AvgIpc) is 3.09. The third-order valence-corrected chi connectivity index (χ3v) is 6.55. The number of nitriles is 1. The normalized spacial score (nSPS) is 15.9. The van der Waals surface area contributed by atoms with Crippen molar-refractivity contribution in [3.05, 3.63) is 47.3 Å². The molecule has 2 heterocycles. The van der Waals surface area contributed by atoms with Crippen LogP contribution in [0.2, 0.25) is 0 Å². The van der Waals surface area contributed by atoms with E-state index in [1.165, 1.54) is 18.2 Å². The van der Waals surface area contributed by atoms with Gasteiger partial charge < -0.3 is 4.90 Å². The van der Waals surface area contributed by atoms with Gasteiger partial charge in [0, 0.05) is 33.2 Å². The predicted octanol–water partition coefficient (Wildman–Crippen LogP) is 1.46. The standard InChI is InChI=1S/C17H16F3N5O3S/c1-23-15(17(18,19)20)13(11-22-23)16(26)24-6-8-25(9-7-24)29(27,28)14-5-3-2-4-12(14)10-21/h2-5,11H,6-9H2,1H3. The quantitative estimate of drug-likeness (QED) is 0.739. The number of amides is 1. The van der Waals surface area contributed by atoms with E-state index in [4.69, 9.17) is 5.26 Å². The predicted molar refractivity (Wildman–Crippen MR) is 94.0 cm³/mol. The van der Waals surface area contributed by atoms with Gasteiger partial charge in [0.2, 0.25) is 10.0 Å². The summed E-state index contributed by atoms with van der Waals surface area (Å²) in [7, 11) is -2.88. The van der Waals surface area contributed by atoms with E-state index in [0.29, 0.717) is 4.68 Å². The van der Waals surface area contributed by atoms with Crippen LogP contribution in [0.25, 0.3) is 0 Å². The van der Waals surface area contributed by atoms with Crippen molar-refractivity contribution in [3.63, 3.8) is 0 Å². The Kier molecular flexibility index (Phi) is 5.38. The Hall–Kier alpha value is -2.91. The van der Waals surface area contributed by atoms with Gasteiger partial charge >= 0.3 is 6.18 Å². The minimum atomic E-state index is -4.75.